The van der Waals surface area contributed by atoms with Gasteiger partial charge in [-0.2, -0.15) is 0 Å². The largest absolute Gasteiger partial charge is 0.378 e. The van der Waals surface area contributed by atoms with Crippen LogP contribution < -0.4 is 0 Å². The Bertz CT molecular complexity index is 366. The number of hydrogen-bond acceptors (Lipinski definition) is 2. The molecule has 1 aromatic rings. The van der Waals surface area contributed by atoms with Crippen molar-refractivity contribution in [2.75, 3.05) is 6.61 Å². The van der Waals surface area contributed by atoms with Crippen molar-refractivity contribution in [3.63, 3.8) is 0 Å². The van der Waals surface area contributed by atoms with Crippen molar-refractivity contribution < 1.29 is 9.53 Å². The topological polar surface area (TPSA) is 26.3 Å². The second-order valence-corrected chi connectivity index (χ2v) is 5.13. The van der Waals surface area contributed by atoms with E-state index in [9.17, 15) is 4.79 Å². The summed E-state index contributed by atoms with van der Waals surface area (Å²) in [6, 6.07) is 10.0. The molecule has 1 fully saturated rings. The number of rotatable bonds is 6. The van der Waals surface area contributed by atoms with Crippen molar-refractivity contribution in [2.45, 2.75) is 51.0 Å². The zero-order valence-corrected chi connectivity index (χ0v) is 11.1. The van der Waals surface area contributed by atoms with Gasteiger partial charge < -0.3 is 4.74 Å². The fourth-order valence-corrected chi connectivity index (χ4v) is 2.52. The summed E-state index contributed by atoms with van der Waals surface area (Å²) in [7, 11) is 0. The fraction of sp³-hybridized carbons (Fsp3) is 0.562. The third-order valence-corrected chi connectivity index (χ3v) is 3.76. The van der Waals surface area contributed by atoms with E-state index in [-0.39, 0.29) is 5.92 Å². The molecule has 98 valence electrons. The van der Waals surface area contributed by atoms with Crippen molar-refractivity contribution >= 4 is 5.78 Å². The molecule has 1 aromatic carbocycles. The zero-order chi connectivity index (χ0) is 12.8. The lowest BCUT2D eigenvalue weighted by atomic mass is 9.93. The number of ketones is 1. The van der Waals surface area contributed by atoms with Crippen molar-refractivity contribution in [3.05, 3.63) is 35.9 Å². The first-order valence-corrected chi connectivity index (χ1v) is 6.96. The SMILES string of the molecule is CC(C(=O)CCCC1CCCO1)c1ccccc1. The molecule has 0 amide bonds. The van der Waals surface area contributed by atoms with Gasteiger partial charge in [-0.25, -0.2) is 0 Å². The number of Topliss-reactive ketones (excluding diaryl/α,β-unsaturated/α-hetero) is 1. The van der Waals surface area contributed by atoms with Gasteiger partial charge >= 0.3 is 0 Å². The number of carbonyl (C=O) groups excluding carboxylic acids is 1. The van der Waals surface area contributed by atoms with Crippen LogP contribution in [0.25, 0.3) is 0 Å². The van der Waals surface area contributed by atoms with Crippen LogP contribution in [0.1, 0.15) is 50.5 Å². The van der Waals surface area contributed by atoms with Crippen LogP contribution in [-0.2, 0) is 9.53 Å². The zero-order valence-electron chi connectivity index (χ0n) is 11.1. The Kier molecular flexibility index (Phi) is 4.94. The maximum absolute atomic E-state index is 12.1. The van der Waals surface area contributed by atoms with Gasteiger partial charge in [0.05, 0.1) is 6.10 Å². The van der Waals surface area contributed by atoms with Crippen molar-refractivity contribution in [3.8, 4) is 0 Å². The second kappa shape index (κ2) is 6.69. The van der Waals surface area contributed by atoms with Gasteiger partial charge in [-0.05, 0) is 31.2 Å². The molecule has 1 aliphatic rings. The van der Waals surface area contributed by atoms with Crippen LogP contribution >= 0.6 is 0 Å². The molecular weight excluding hydrogens is 224 g/mol. The van der Waals surface area contributed by atoms with Crippen molar-refractivity contribution in [2.24, 2.45) is 0 Å². The molecule has 0 saturated carbocycles. The first-order valence-electron chi connectivity index (χ1n) is 6.96. The van der Waals surface area contributed by atoms with E-state index in [4.69, 9.17) is 4.74 Å². The molecule has 1 aliphatic heterocycles. The third-order valence-electron chi connectivity index (χ3n) is 3.76. The van der Waals surface area contributed by atoms with Crippen LogP contribution in [0.5, 0.6) is 0 Å². The predicted octanol–water partition coefficient (Wildman–Crippen LogP) is 3.71. The summed E-state index contributed by atoms with van der Waals surface area (Å²) in [5, 5.41) is 0. The van der Waals surface area contributed by atoms with E-state index in [0.29, 0.717) is 18.3 Å². The minimum absolute atomic E-state index is 0.0238. The highest BCUT2D eigenvalue weighted by Crippen LogP contribution is 2.21. The molecule has 18 heavy (non-hydrogen) atoms. The molecule has 1 saturated heterocycles. The Balaban J connectivity index is 1.74. The molecular formula is C16H22O2. The highest BCUT2D eigenvalue weighted by molar-refractivity contribution is 5.85. The average Bonchev–Trinajstić information content (AvgIpc) is 2.92. The molecule has 2 nitrogen and oxygen atoms in total. The van der Waals surface area contributed by atoms with Crippen LogP contribution in [0, 0.1) is 0 Å². The van der Waals surface area contributed by atoms with Gasteiger partial charge in [-0.3, -0.25) is 4.79 Å². The Hall–Kier alpha value is -1.15. The van der Waals surface area contributed by atoms with Crippen LogP contribution in [0.3, 0.4) is 0 Å². The Labute approximate surface area is 109 Å². The summed E-state index contributed by atoms with van der Waals surface area (Å²) in [6.07, 6.45) is 5.43. The molecule has 0 radical (unpaired) electrons. The van der Waals surface area contributed by atoms with Gasteiger partial charge in [-0.1, -0.05) is 37.3 Å². The first kappa shape index (κ1) is 13.3. The smallest absolute Gasteiger partial charge is 0.140 e. The molecule has 1 heterocycles. The summed E-state index contributed by atoms with van der Waals surface area (Å²) < 4.78 is 5.57. The summed E-state index contributed by atoms with van der Waals surface area (Å²) >= 11 is 0. The monoisotopic (exact) mass is 246 g/mol. The van der Waals surface area contributed by atoms with E-state index in [2.05, 4.69) is 0 Å². The van der Waals surface area contributed by atoms with E-state index in [1.165, 1.54) is 12.8 Å². The van der Waals surface area contributed by atoms with Gasteiger partial charge in [0.15, 0.2) is 0 Å². The molecule has 0 N–H and O–H groups in total. The van der Waals surface area contributed by atoms with Crippen LogP contribution in [-0.4, -0.2) is 18.5 Å². The number of hydrogen-bond donors (Lipinski definition) is 0. The lowest BCUT2D eigenvalue weighted by Crippen LogP contribution is -2.11. The van der Waals surface area contributed by atoms with Gasteiger partial charge in [0.1, 0.15) is 5.78 Å². The number of carbonyl (C=O) groups is 1. The summed E-state index contributed by atoms with van der Waals surface area (Å²) in [6.45, 7) is 2.91. The molecule has 2 rings (SSSR count). The quantitative estimate of drug-likeness (QED) is 0.765. The summed E-state index contributed by atoms with van der Waals surface area (Å²) in [5.41, 5.74) is 1.12. The minimum atomic E-state index is 0.0238. The predicted molar refractivity (Wildman–Crippen MR) is 72.7 cm³/mol. The molecule has 0 aliphatic carbocycles. The molecule has 2 atom stereocenters. The number of benzene rings is 1. The van der Waals surface area contributed by atoms with Gasteiger partial charge in [0.25, 0.3) is 0 Å². The van der Waals surface area contributed by atoms with E-state index >= 15 is 0 Å². The van der Waals surface area contributed by atoms with Crippen LogP contribution in [0.15, 0.2) is 30.3 Å². The van der Waals surface area contributed by atoms with E-state index < -0.39 is 0 Å². The number of ether oxygens (including phenoxy) is 1. The van der Waals surface area contributed by atoms with E-state index in [1.807, 2.05) is 37.3 Å². The van der Waals surface area contributed by atoms with Gasteiger partial charge in [-0.15, -0.1) is 0 Å². The Morgan fingerprint density at radius 3 is 2.83 bits per heavy atom. The molecule has 0 spiro atoms. The Morgan fingerprint density at radius 1 is 1.39 bits per heavy atom. The van der Waals surface area contributed by atoms with Crippen LogP contribution in [0.4, 0.5) is 0 Å². The standard InChI is InChI=1S/C16H22O2/c1-13(14-7-3-2-4-8-14)16(17)11-5-9-15-10-6-12-18-15/h2-4,7-8,13,15H,5-6,9-12H2,1H3. The third kappa shape index (κ3) is 3.67. The average molecular weight is 246 g/mol. The maximum atomic E-state index is 12.1. The lowest BCUT2D eigenvalue weighted by molar-refractivity contribution is -0.120. The van der Waals surface area contributed by atoms with Crippen LogP contribution in [0.2, 0.25) is 0 Å². The van der Waals surface area contributed by atoms with Gasteiger partial charge in [0, 0.05) is 18.9 Å². The minimum Gasteiger partial charge on any atom is -0.378 e. The lowest BCUT2D eigenvalue weighted by Gasteiger charge is -2.12. The normalized spacial score (nSPS) is 20.8. The van der Waals surface area contributed by atoms with E-state index in [0.717, 1.165) is 25.0 Å². The van der Waals surface area contributed by atoms with Crippen molar-refractivity contribution in [1.29, 1.82) is 0 Å². The van der Waals surface area contributed by atoms with Gasteiger partial charge in [0.2, 0.25) is 0 Å². The molecule has 0 aromatic heterocycles. The molecule has 0 bridgehead atoms. The highest BCUT2D eigenvalue weighted by Gasteiger charge is 2.18. The Morgan fingerprint density at radius 2 is 2.17 bits per heavy atom. The summed E-state index contributed by atoms with van der Waals surface area (Å²) in [4.78, 5) is 12.1. The molecule has 2 unspecified atom stereocenters. The molecule has 2 heteroatoms. The maximum Gasteiger partial charge on any atom is 0.140 e. The fourth-order valence-electron chi connectivity index (χ4n) is 2.52. The van der Waals surface area contributed by atoms with E-state index in [1.54, 1.807) is 0 Å². The summed E-state index contributed by atoms with van der Waals surface area (Å²) in [5.74, 6) is 0.370. The van der Waals surface area contributed by atoms with Crippen molar-refractivity contribution in [1.82, 2.24) is 0 Å². The first-order chi connectivity index (χ1) is 8.77. The second-order valence-electron chi connectivity index (χ2n) is 5.13. The highest BCUT2D eigenvalue weighted by atomic mass is 16.5.